The van der Waals surface area contributed by atoms with Crippen molar-refractivity contribution in [3.63, 3.8) is 0 Å². The van der Waals surface area contributed by atoms with Gasteiger partial charge in [0.1, 0.15) is 0 Å². The van der Waals surface area contributed by atoms with Crippen LogP contribution in [-0.2, 0) is 14.2 Å². The Labute approximate surface area is 309 Å². The summed E-state index contributed by atoms with van der Waals surface area (Å²) in [5.41, 5.74) is 18.3. The van der Waals surface area contributed by atoms with E-state index in [2.05, 4.69) is 33.0 Å². The van der Waals surface area contributed by atoms with Gasteiger partial charge in [0.15, 0.2) is 0 Å². The van der Waals surface area contributed by atoms with E-state index in [4.69, 9.17) is 31.4 Å². The Morgan fingerprint density at radius 2 is 1.32 bits per heavy atom. The molecule has 0 radical (unpaired) electrons. The molecule has 4 aliphatic carbocycles. The first-order chi connectivity index (χ1) is 24.3. The van der Waals surface area contributed by atoms with Crippen LogP contribution in [0.25, 0.3) is 0 Å². The zero-order valence-electron chi connectivity index (χ0n) is 33.5. The maximum Gasteiger partial charge on any atom is 0.0637 e. The first-order valence-electron chi connectivity index (χ1n) is 22.0. The van der Waals surface area contributed by atoms with Crippen molar-refractivity contribution in [2.24, 2.45) is 63.5 Å². The number of rotatable bonds is 26. The molecule has 7 heteroatoms. The summed E-state index contributed by atoms with van der Waals surface area (Å²) in [5.74, 6) is 3.92. The van der Waals surface area contributed by atoms with Gasteiger partial charge in [-0.2, -0.15) is 0 Å². The lowest BCUT2D eigenvalue weighted by molar-refractivity contribution is -0.227. The van der Waals surface area contributed by atoms with Crippen molar-refractivity contribution in [1.29, 1.82) is 0 Å². The Morgan fingerprint density at radius 3 is 2.02 bits per heavy atom. The second-order valence-electron chi connectivity index (χ2n) is 17.8. The number of hydrogen-bond donors (Lipinski definition) is 4. The predicted molar refractivity (Wildman–Crippen MR) is 210 cm³/mol. The molecule has 0 aliphatic heterocycles. The summed E-state index contributed by atoms with van der Waals surface area (Å²) in [6.07, 6.45) is 26.1. The number of nitrogens with two attached hydrogens (primary N) is 3. The molecule has 7 N–H and O–H groups in total. The van der Waals surface area contributed by atoms with Crippen LogP contribution in [0.4, 0.5) is 0 Å². The molecule has 0 aromatic carbocycles. The molecule has 7 nitrogen and oxygen atoms in total. The molecule has 0 saturated heterocycles. The van der Waals surface area contributed by atoms with E-state index in [-0.39, 0.29) is 5.41 Å². The quantitative estimate of drug-likeness (QED) is 0.0671. The van der Waals surface area contributed by atoms with E-state index in [0.717, 1.165) is 52.0 Å². The van der Waals surface area contributed by atoms with Crippen LogP contribution in [0.5, 0.6) is 0 Å². The third-order valence-corrected chi connectivity index (χ3v) is 14.7. The summed E-state index contributed by atoms with van der Waals surface area (Å²) in [5, 5.41) is 3.79. The lowest BCUT2D eigenvalue weighted by atomic mass is 9.43. The first kappa shape index (κ1) is 42.5. The van der Waals surface area contributed by atoms with Gasteiger partial charge in [0.05, 0.1) is 18.3 Å². The summed E-state index contributed by atoms with van der Waals surface area (Å²) in [6.45, 7) is 17.0. The fourth-order valence-electron chi connectivity index (χ4n) is 11.9. The van der Waals surface area contributed by atoms with Crippen LogP contribution in [0, 0.1) is 46.3 Å². The highest BCUT2D eigenvalue weighted by Crippen LogP contribution is 2.69. The van der Waals surface area contributed by atoms with Crippen molar-refractivity contribution in [3.05, 3.63) is 0 Å². The summed E-state index contributed by atoms with van der Waals surface area (Å²) >= 11 is 0. The van der Waals surface area contributed by atoms with Crippen LogP contribution in [0.15, 0.2) is 0 Å². The van der Waals surface area contributed by atoms with E-state index in [1.54, 1.807) is 0 Å². The molecule has 0 spiro atoms. The van der Waals surface area contributed by atoms with Crippen LogP contribution in [0.1, 0.15) is 156 Å². The third-order valence-electron chi connectivity index (χ3n) is 14.7. The van der Waals surface area contributed by atoms with Gasteiger partial charge in [-0.3, -0.25) is 0 Å². The Bertz CT molecular complexity index is 909. The fraction of sp³-hybridized carbons (Fsp3) is 1.00. The van der Waals surface area contributed by atoms with Crippen LogP contribution in [0.3, 0.4) is 0 Å². The Hall–Kier alpha value is -0.280. The molecule has 50 heavy (non-hydrogen) atoms. The van der Waals surface area contributed by atoms with Crippen molar-refractivity contribution in [2.45, 2.75) is 174 Å². The number of unbranched alkanes of at least 4 members (excludes halogenated alkanes) is 7. The molecule has 2 unspecified atom stereocenters. The zero-order valence-corrected chi connectivity index (χ0v) is 33.5. The highest BCUT2D eigenvalue weighted by atomic mass is 16.5. The van der Waals surface area contributed by atoms with Gasteiger partial charge in [0.2, 0.25) is 0 Å². The van der Waals surface area contributed by atoms with Gasteiger partial charge in [-0.25, -0.2) is 0 Å². The smallest absolute Gasteiger partial charge is 0.0637 e. The Kier molecular flexibility index (Phi) is 18.8. The van der Waals surface area contributed by atoms with Crippen molar-refractivity contribution in [3.8, 4) is 0 Å². The average molecular weight is 705 g/mol. The van der Waals surface area contributed by atoms with Crippen molar-refractivity contribution in [2.75, 3.05) is 52.5 Å². The molecule has 0 bridgehead atoms. The Balaban J connectivity index is 1.41. The summed E-state index contributed by atoms with van der Waals surface area (Å²) in [6, 6.07) is 0. The lowest BCUT2D eigenvalue weighted by Gasteiger charge is -2.65. The van der Waals surface area contributed by atoms with E-state index in [0.29, 0.717) is 78.9 Å². The largest absolute Gasteiger partial charge is 0.378 e. The van der Waals surface area contributed by atoms with Crippen molar-refractivity contribution >= 4 is 0 Å². The van der Waals surface area contributed by atoms with Crippen LogP contribution in [-0.4, -0.2) is 70.9 Å². The van der Waals surface area contributed by atoms with E-state index in [1.165, 1.54) is 109 Å². The van der Waals surface area contributed by atoms with E-state index in [9.17, 15) is 0 Å². The van der Waals surface area contributed by atoms with Gasteiger partial charge in [0.25, 0.3) is 0 Å². The number of hydrogen-bond acceptors (Lipinski definition) is 7. The average Bonchev–Trinajstić information content (AvgIpc) is 3.47. The summed E-state index contributed by atoms with van der Waals surface area (Å²) in [4.78, 5) is 0. The molecular weight excluding hydrogens is 620 g/mol. The van der Waals surface area contributed by atoms with Crippen molar-refractivity contribution < 1.29 is 14.2 Å². The molecule has 4 saturated carbocycles. The van der Waals surface area contributed by atoms with Gasteiger partial charge in [-0.05, 0) is 157 Å². The summed E-state index contributed by atoms with van der Waals surface area (Å²) in [7, 11) is 0. The van der Waals surface area contributed by atoms with Crippen LogP contribution < -0.4 is 22.5 Å². The topological polar surface area (TPSA) is 118 Å². The standard InChI is InChI=1S/C43H84N4O3/c1-5-6-7-8-9-10-11-12-25-47-26-13-17-33(2)36-18-19-37-41-38(32-40(43(36,37)4)50-29-16-24-46)42(3)21-20-35(48-27-14-22-44)30-34(42)31-39(41)49-28-15-23-45/h33-41,47H,5-32,44-46H2,1-4H3/t33?,34-,35+,36?,37-,38-,39+,40-,41-,42-,43+/m0/s1. The molecule has 4 fully saturated rings. The second kappa shape index (κ2) is 22.2. The third kappa shape index (κ3) is 10.9. The van der Waals surface area contributed by atoms with E-state index >= 15 is 0 Å². The monoisotopic (exact) mass is 705 g/mol. The summed E-state index contributed by atoms with van der Waals surface area (Å²) < 4.78 is 20.4. The lowest BCUT2D eigenvalue weighted by Crippen LogP contribution is -2.63. The van der Waals surface area contributed by atoms with E-state index < -0.39 is 0 Å². The SMILES string of the molecule is CCCCCCCCCCNCCCC(C)C1CC[C@H]2[C@@H]3[C@H](OCCCN)C[C@@H]4C[C@H](OCCCN)CC[C@]4(C)[C@H]3C[C@H](OCCCN)[C@]12C. The minimum absolute atomic E-state index is 0.181. The van der Waals surface area contributed by atoms with Gasteiger partial charge in [-0.1, -0.05) is 72.6 Å². The molecule has 0 aromatic rings. The zero-order chi connectivity index (χ0) is 35.8. The van der Waals surface area contributed by atoms with Gasteiger partial charge in [0, 0.05) is 25.2 Å². The normalized spacial score (nSPS) is 35.8. The molecular formula is C43H84N4O3. The first-order valence-corrected chi connectivity index (χ1v) is 22.0. The fourth-order valence-corrected chi connectivity index (χ4v) is 11.9. The molecule has 11 atom stereocenters. The molecule has 0 amide bonds. The number of fused-ring (bicyclic) bond motifs is 5. The molecule has 4 rings (SSSR count). The van der Waals surface area contributed by atoms with Gasteiger partial charge >= 0.3 is 0 Å². The predicted octanol–water partition coefficient (Wildman–Crippen LogP) is 8.21. The van der Waals surface area contributed by atoms with Crippen LogP contribution >= 0.6 is 0 Å². The minimum atomic E-state index is 0.181. The van der Waals surface area contributed by atoms with Gasteiger partial charge < -0.3 is 36.7 Å². The minimum Gasteiger partial charge on any atom is -0.378 e. The molecule has 0 aromatic heterocycles. The number of ether oxygens (including phenoxy) is 3. The van der Waals surface area contributed by atoms with Crippen molar-refractivity contribution in [1.82, 2.24) is 5.32 Å². The van der Waals surface area contributed by atoms with Crippen LogP contribution in [0.2, 0.25) is 0 Å². The van der Waals surface area contributed by atoms with Gasteiger partial charge in [-0.15, -0.1) is 0 Å². The highest BCUT2D eigenvalue weighted by Gasteiger charge is 2.66. The maximum atomic E-state index is 7.05. The van der Waals surface area contributed by atoms with E-state index in [1.807, 2.05) is 0 Å². The molecule has 0 heterocycles. The second-order valence-corrected chi connectivity index (χ2v) is 17.8. The molecule has 4 aliphatic rings. The maximum absolute atomic E-state index is 7.05. The highest BCUT2D eigenvalue weighted by molar-refractivity contribution is 5.15. The number of nitrogens with one attached hydrogen (secondary N) is 1. The Morgan fingerprint density at radius 1 is 0.680 bits per heavy atom. The molecule has 294 valence electrons.